The second-order valence-electron chi connectivity index (χ2n) is 18.1. The van der Waals surface area contributed by atoms with Crippen molar-refractivity contribution in [1.82, 2.24) is 18.3 Å². The SMILES string of the molecule is [C-]#[N+]c1c(-n2c3ccccc3c3ccccc32)c(C#N)c(-n2c3ccccc3c3c4ccccc4ccc32)c(-n2c3ccccc3c3ccccc32)c1-n1c2ccccc2c2c3ccccc3ccc21. The van der Waals surface area contributed by atoms with Crippen molar-refractivity contribution in [3.05, 3.63) is 235 Å². The molecule has 0 bridgehead atoms. The van der Waals surface area contributed by atoms with Crippen molar-refractivity contribution in [3.63, 3.8) is 0 Å². The van der Waals surface area contributed by atoms with Crippen LogP contribution >= 0.6 is 0 Å². The van der Waals surface area contributed by atoms with Gasteiger partial charge in [-0.25, -0.2) is 4.85 Å². The van der Waals surface area contributed by atoms with Crippen LogP contribution in [0.5, 0.6) is 0 Å². The first kappa shape index (κ1) is 38.2. The number of rotatable bonds is 4. The Kier molecular flexibility index (Phi) is 7.82. The molecule has 0 aliphatic heterocycles. The Hall–Kier alpha value is -9.88. The fraction of sp³-hybridized carbons (Fsp3) is 0. The van der Waals surface area contributed by atoms with E-state index in [2.05, 4.69) is 231 Å². The molecular formula is C64H36N6. The van der Waals surface area contributed by atoms with Gasteiger partial charge in [-0.1, -0.05) is 170 Å². The molecule has 0 atom stereocenters. The number of nitrogens with zero attached hydrogens (tertiary/aromatic N) is 6. The first-order valence-corrected chi connectivity index (χ1v) is 23.5. The van der Waals surface area contributed by atoms with E-state index >= 15 is 0 Å². The number of hydrogen-bond acceptors (Lipinski definition) is 1. The molecular weight excluding hydrogens is 853 g/mol. The molecule has 0 amide bonds. The lowest BCUT2D eigenvalue weighted by Gasteiger charge is -2.27. The molecule has 0 unspecified atom stereocenters. The van der Waals surface area contributed by atoms with Crippen molar-refractivity contribution in [2.45, 2.75) is 0 Å². The third-order valence-electron chi connectivity index (χ3n) is 14.8. The second-order valence-corrected chi connectivity index (χ2v) is 18.1. The van der Waals surface area contributed by atoms with Crippen LogP contribution in [-0.2, 0) is 0 Å². The number of aromatic nitrogens is 4. The molecule has 0 spiro atoms. The maximum Gasteiger partial charge on any atom is 0.237 e. The Balaban J connectivity index is 1.30. The van der Waals surface area contributed by atoms with E-state index < -0.39 is 0 Å². The van der Waals surface area contributed by atoms with Gasteiger partial charge in [-0.05, 0) is 70.1 Å². The van der Waals surface area contributed by atoms with Crippen molar-refractivity contribution < 1.29 is 0 Å². The summed E-state index contributed by atoms with van der Waals surface area (Å²) < 4.78 is 9.18. The van der Waals surface area contributed by atoms with Crippen LogP contribution < -0.4 is 0 Å². The van der Waals surface area contributed by atoms with Crippen LogP contribution in [0.15, 0.2) is 218 Å². The highest BCUT2D eigenvalue weighted by Gasteiger charge is 2.34. The van der Waals surface area contributed by atoms with Gasteiger partial charge in [0.05, 0.1) is 79.0 Å². The van der Waals surface area contributed by atoms with Gasteiger partial charge >= 0.3 is 0 Å². The molecule has 70 heavy (non-hydrogen) atoms. The number of hydrogen-bond donors (Lipinski definition) is 0. The molecule has 0 aliphatic carbocycles. The number of fused-ring (bicyclic) bond motifs is 16. The molecule has 15 aromatic rings. The van der Waals surface area contributed by atoms with Gasteiger partial charge in [-0.3, -0.25) is 0 Å². The monoisotopic (exact) mass is 888 g/mol. The zero-order valence-corrected chi connectivity index (χ0v) is 37.5. The normalized spacial score (nSPS) is 12.0. The summed E-state index contributed by atoms with van der Waals surface area (Å²) >= 11 is 0. The highest BCUT2D eigenvalue weighted by molar-refractivity contribution is 6.24. The predicted octanol–water partition coefficient (Wildman–Crippen LogP) is 16.8. The minimum Gasteiger partial charge on any atom is -0.318 e. The summed E-state index contributed by atoms with van der Waals surface area (Å²) in [5.74, 6) is 0. The maximum absolute atomic E-state index is 12.4. The lowest BCUT2D eigenvalue weighted by Crippen LogP contribution is -2.14. The van der Waals surface area contributed by atoms with Gasteiger partial charge in [0.1, 0.15) is 6.07 Å². The lowest BCUT2D eigenvalue weighted by atomic mass is 10.0. The summed E-state index contributed by atoms with van der Waals surface area (Å²) in [7, 11) is 0. The highest BCUT2D eigenvalue weighted by atomic mass is 15.1. The molecule has 4 aromatic heterocycles. The Bertz CT molecular complexity index is 4570. The second kappa shape index (κ2) is 14.3. The molecule has 322 valence electrons. The van der Waals surface area contributed by atoms with Crippen molar-refractivity contribution in [2.24, 2.45) is 0 Å². The minimum absolute atomic E-state index is 0.366. The highest BCUT2D eigenvalue weighted by Crippen LogP contribution is 2.52. The fourth-order valence-corrected chi connectivity index (χ4v) is 12.0. The Morgan fingerprint density at radius 2 is 0.614 bits per heavy atom. The van der Waals surface area contributed by atoms with E-state index in [0.717, 1.165) is 114 Å². The fourth-order valence-electron chi connectivity index (χ4n) is 12.0. The van der Waals surface area contributed by atoms with Crippen LogP contribution in [0.1, 0.15) is 5.56 Å². The van der Waals surface area contributed by atoms with E-state index in [1.165, 1.54) is 0 Å². The molecule has 0 saturated heterocycles. The molecule has 0 N–H and O–H groups in total. The van der Waals surface area contributed by atoms with Gasteiger partial charge in [0, 0.05) is 43.1 Å². The quantitative estimate of drug-likeness (QED) is 0.162. The number of nitriles is 1. The van der Waals surface area contributed by atoms with Crippen LogP contribution in [0.4, 0.5) is 5.69 Å². The molecule has 6 heteroatoms. The largest absolute Gasteiger partial charge is 0.318 e. The molecule has 15 rings (SSSR count). The van der Waals surface area contributed by atoms with Gasteiger partial charge in [-0.15, -0.1) is 0 Å². The topological polar surface area (TPSA) is 47.9 Å². The Labute approximate surface area is 400 Å². The molecule has 0 aliphatic rings. The number of para-hydroxylation sites is 6. The Morgan fingerprint density at radius 1 is 0.300 bits per heavy atom. The third kappa shape index (κ3) is 4.93. The summed E-state index contributed by atoms with van der Waals surface area (Å²) in [6.07, 6.45) is 0. The van der Waals surface area contributed by atoms with E-state index in [0.29, 0.717) is 28.3 Å². The van der Waals surface area contributed by atoms with Crippen molar-refractivity contribution in [3.8, 4) is 28.8 Å². The third-order valence-corrected chi connectivity index (χ3v) is 14.8. The zero-order valence-electron chi connectivity index (χ0n) is 37.5. The lowest BCUT2D eigenvalue weighted by molar-refractivity contribution is 1.03. The van der Waals surface area contributed by atoms with E-state index in [-0.39, 0.29) is 0 Å². The first-order chi connectivity index (χ1) is 34.7. The smallest absolute Gasteiger partial charge is 0.237 e. The molecule has 0 saturated carbocycles. The van der Waals surface area contributed by atoms with Crippen LogP contribution in [0.2, 0.25) is 0 Å². The molecule has 0 fully saturated rings. The average Bonchev–Trinajstić information content (AvgIpc) is 4.15. The van der Waals surface area contributed by atoms with E-state index in [4.69, 9.17) is 4.85 Å². The van der Waals surface area contributed by atoms with Gasteiger partial charge < -0.3 is 18.3 Å². The van der Waals surface area contributed by atoms with Gasteiger partial charge in [0.15, 0.2) is 0 Å². The van der Waals surface area contributed by atoms with Gasteiger partial charge in [0.2, 0.25) is 5.69 Å². The summed E-state index contributed by atoms with van der Waals surface area (Å²) in [5.41, 5.74) is 11.0. The molecule has 4 heterocycles. The summed E-state index contributed by atoms with van der Waals surface area (Å²) in [5, 5.41) is 25.5. The predicted molar refractivity (Wildman–Crippen MR) is 290 cm³/mol. The van der Waals surface area contributed by atoms with Gasteiger partial charge in [-0.2, -0.15) is 5.26 Å². The first-order valence-electron chi connectivity index (χ1n) is 23.5. The van der Waals surface area contributed by atoms with Crippen LogP contribution in [0.25, 0.3) is 136 Å². The van der Waals surface area contributed by atoms with E-state index in [1.54, 1.807) is 0 Å². The molecule has 6 nitrogen and oxygen atoms in total. The van der Waals surface area contributed by atoms with Crippen molar-refractivity contribution in [1.29, 1.82) is 5.26 Å². The van der Waals surface area contributed by atoms with Crippen molar-refractivity contribution >= 4 is 114 Å². The summed E-state index contributed by atoms with van der Waals surface area (Å²) in [6, 6.07) is 79.8. The average molecular weight is 889 g/mol. The van der Waals surface area contributed by atoms with E-state index in [9.17, 15) is 11.8 Å². The minimum atomic E-state index is 0.366. The van der Waals surface area contributed by atoms with Crippen molar-refractivity contribution in [2.75, 3.05) is 0 Å². The van der Waals surface area contributed by atoms with Crippen LogP contribution in [-0.4, -0.2) is 18.3 Å². The van der Waals surface area contributed by atoms with Crippen LogP contribution in [0.3, 0.4) is 0 Å². The zero-order chi connectivity index (χ0) is 46.2. The summed E-state index contributed by atoms with van der Waals surface area (Å²) in [4.78, 5) is 4.73. The maximum atomic E-state index is 12.4. The number of benzene rings is 11. The standard InChI is InChI=1S/C64H36N6/c1-66-60-61(67-50-28-12-6-22-43(50)44-23-7-13-29-51(44)67)49(38-65)62(69-54-32-16-10-26-47(54)58-41-20-4-2-18-39(41)34-36-56(58)69)64(68-52-30-14-8-24-45(52)46-25-9-15-31-53(46)68)63(60)70-55-33-17-11-27-48(55)59-42-21-5-3-19-40(42)35-37-57(59)70/h2-37H. The van der Waals surface area contributed by atoms with Crippen LogP contribution in [0, 0.1) is 17.9 Å². The summed E-state index contributed by atoms with van der Waals surface area (Å²) in [6.45, 7) is 9.68. The van der Waals surface area contributed by atoms with Gasteiger partial charge in [0.25, 0.3) is 0 Å². The molecule has 0 radical (unpaired) electrons. The molecule has 11 aromatic carbocycles. The Morgan fingerprint density at radius 3 is 1.01 bits per heavy atom. The van der Waals surface area contributed by atoms with E-state index in [1.807, 2.05) is 12.1 Å².